The Morgan fingerprint density at radius 1 is 1.27 bits per heavy atom. The Bertz CT molecular complexity index is 477. The molecule has 22 heavy (non-hydrogen) atoms. The van der Waals surface area contributed by atoms with Crippen molar-refractivity contribution in [2.45, 2.75) is 37.9 Å². The minimum Gasteiger partial charge on any atom is -0.598 e. The fourth-order valence-electron chi connectivity index (χ4n) is 1.60. The maximum atomic E-state index is 12.3. The van der Waals surface area contributed by atoms with Crippen LogP contribution in [0.1, 0.15) is 32.4 Å². The molecule has 0 heterocycles. The zero-order chi connectivity index (χ0) is 17.0. The van der Waals surface area contributed by atoms with Crippen molar-refractivity contribution in [2.24, 2.45) is 0 Å². The molecular formula is C14H20F3NO3S. The van der Waals surface area contributed by atoms with Crippen molar-refractivity contribution in [1.82, 2.24) is 4.72 Å². The van der Waals surface area contributed by atoms with Crippen molar-refractivity contribution in [2.75, 3.05) is 13.7 Å². The van der Waals surface area contributed by atoms with Gasteiger partial charge in [-0.2, -0.15) is 0 Å². The minimum atomic E-state index is -4.75. The molecule has 8 heteroatoms. The van der Waals surface area contributed by atoms with Gasteiger partial charge in [-0.05, 0) is 38.5 Å². The summed E-state index contributed by atoms with van der Waals surface area (Å²) < 4.78 is 60.3. The van der Waals surface area contributed by atoms with Crippen LogP contribution in [0.4, 0.5) is 13.2 Å². The number of alkyl halides is 3. The number of nitrogens with one attached hydrogen (secondary N) is 1. The van der Waals surface area contributed by atoms with Gasteiger partial charge in [-0.25, -0.2) is 0 Å². The molecule has 1 N–H and O–H groups in total. The summed E-state index contributed by atoms with van der Waals surface area (Å²) in [6.07, 6.45) is -4.75. The largest absolute Gasteiger partial charge is 0.598 e. The molecule has 126 valence electrons. The lowest BCUT2D eigenvalue weighted by Crippen LogP contribution is -2.42. The number of rotatable bonds is 6. The monoisotopic (exact) mass is 339 g/mol. The fraction of sp³-hybridized carbons (Fsp3) is 0.571. The lowest BCUT2D eigenvalue weighted by molar-refractivity contribution is -0.274. The van der Waals surface area contributed by atoms with Crippen LogP contribution in [0.15, 0.2) is 24.3 Å². The van der Waals surface area contributed by atoms with E-state index in [4.69, 9.17) is 4.74 Å². The van der Waals surface area contributed by atoms with E-state index in [0.29, 0.717) is 5.56 Å². The first-order valence-electron chi connectivity index (χ1n) is 6.55. The third-order valence-electron chi connectivity index (χ3n) is 2.63. The molecule has 0 aromatic heterocycles. The molecule has 0 saturated carbocycles. The topological polar surface area (TPSA) is 53.5 Å². The zero-order valence-electron chi connectivity index (χ0n) is 12.9. The molecule has 0 aliphatic heterocycles. The summed E-state index contributed by atoms with van der Waals surface area (Å²) in [6.45, 7) is 5.55. The lowest BCUT2D eigenvalue weighted by atomic mass is 10.1. The van der Waals surface area contributed by atoms with E-state index < -0.39 is 28.5 Å². The van der Waals surface area contributed by atoms with Crippen molar-refractivity contribution in [1.29, 1.82) is 0 Å². The quantitative estimate of drug-likeness (QED) is 0.808. The zero-order valence-corrected chi connectivity index (χ0v) is 13.7. The highest BCUT2D eigenvalue weighted by molar-refractivity contribution is 7.90. The second kappa shape index (κ2) is 7.54. The van der Waals surface area contributed by atoms with Crippen LogP contribution in [0, 0.1) is 0 Å². The SMILES string of the molecule is COCC(N[S+]([O-])C(C)(C)C)c1cccc(OC(F)(F)F)c1. The number of benzene rings is 1. The Hall–Kier alpha value is -0.960. The van der Waals surface area contributed by atoms with Gasteiger partial charge in [-0.1, -0.05) is 12.1 Å². The molecule has 1 aromatic rings. The Labute approximate surface area is 131 Å². The summed E-state index contributed by atoms with van der Waals surface area (Å²) in [6, 6.07) is 5.02. The first-order chi connectivity index (χ1) is 10.0. The van der Waals surface area contributed by atoms with Crippen LogP contribution < -0.4 is 9.46 Å². The molecule has 1 rings (SSSR count). The molecule has 0 saturated heterocycles. The van der Waals surface area contributed by atoms with Crippen LogP contribution in [-0.2, 0) is 16.1 Å². The molecule has 0 aliphatic carbocycles. The molecule has 0 fully saturated rings. The average molecular weight is 339 g/mol. The van der Waals surface area contributed by atoms with Gasteiger partial charge >= 0.3 is 6.36 Å². The highest BCUT2D eigenvalue weighted by Gasteiger charge is 2.32. The van der Waals surface area contributed by atoms with Crippen molar-refractivity contribution >= 4 is 11.4 Å². The predicted octanol–water partition coefficient (Wildman–Crippen LogP) is 3.32. The van der Waals surface area contributed by atoms with Gasteiger partial charge in [0.05, 0.1) is 6.61 Å². The van der Waals surface area contributed by atoms with Gasteiger partial charge in [-0.15, -0.1) is 17.9 Å². The van der Waals surface area contributed by atoms with Crippen molar-refractivity contribution in [3.05, 3.63) is 29.8 Å². The summed E-state index contributed by atoms with van der Waals surface area (Å²) in [5.41, 5.74) is 0.501. The van der Waals surface area contributed by atoms with E-state index in [1.165, 1.54) is 25.3 Å². The molecule has 0 spiro atoms. The van der Waals surface area contributed by atoms with Gasteiger partial charge in [0.25, 0.3) is 0 Å². The lowest BCUT2D eigenvalue weighted by Gasteiger charge is -2.28. The Morgan fingerprint density at radius 3 is 2.41 bits per heavy atom. The summed E-state index contributed by atoms with van der Waals surface area (Å²) >= 11 is -1.39. The third kappa shape index (κ3) is 6.43. The van der Waals surface area contributed by atoms with Gasteiger partial charge in [0.1, 0.15) is 16.5 Å². The van der Waals surface area contributed by atoms with E-state index in [-0.39, 0.29) is 12.4 Å². The maximum Gasteiger partial charge on any atom is 0.573 e. The van der Waals surface area contributed by atoms with E-state index >= 15 is 0 Å². The van der Waals surface area contributed by atoms with Crippen LogP contribution in [0.3, 0.4) is 0 Å². The van der Waals surface area contributed by atoms with Gasteiger partial charge in [-0.3, -0.25) is 0 Å². The standard InChI is InChI=1S/C14H20F3NO3S/c1-13(2,3)22(19)18-12(9-20-4)10-6-5-7-11(8-10)21-14(15,16)17/h5-8,12,18H,9H2,1-4H3. The van der Waals surface area contributed by atoms with Crippen LogP contribution in [-0.4, -0.2) is 29.4 Å². The number of hydrogen-bond donors (Lipinski definition) is 1. The van der Waals surface area contributed by atoms with Crippen molar-refractivity contribution in [3.8, 4) is 5.75 Å². The van der Waals surface area contributed by atoms with E-state index in [1.54, 1.807) is 26.8 Å². The average Bonchev–Trinajstić information content (AvgIpc) is 2.35. The Morgan fingerprint density at radius 2 is 1.91 bits per heavy atom. The second-order valence-corrected chi connectivity index (χ2v) is 7.63. The summed E-state index contributed by atoms with van der Waals surface area (Å²) in [4.78, 5) is 0. The highest BCUT2D eigenvalue weighted by atomic mass is 32.2. The molecule has 2 unspecified atom stereocenters. The predicted molar refractivity (Wildman–Crippen MR) is 78.8 cm³/mol. The number of halogens is 3. The summed E-state index contributed by atoms with van der Waals surface area (Å²) in [5.74, 6) is -0.325. The van der Waals surface area contributed by atoms with E-state index in [2.05, 4.69) is 9.46 Å². The van der Waals surface area contributed by atoms with E-state index in [9.17, 15) is 17.7 Å². The first-order valence-corrected chi connectivity index (χ1v) is 7.70. The van der Waals surface area contributed by atoms with Crippen LogP contribution >= 0.6 is 0 Å². The first kappa shape index (κ1) is 19.1. The van der Waals surface area contributed by atoms with Gasteiger partial charge < -0.3 is 14.0 Å². The molecular weight excluding hydrogens is 319 g/mol. The summed E-state index contributed by atoms with van der Waals surface area (Å²) in [5, 5.41) is 0. The van der Waals surface area contributed by atoms with Crippen LogP contribution in [0.5, 0.6) is 5.75 Å². The molecule has 4 nitrogen and oxygen atoms in total. The third-order valence-corrected chi connectivity index (χ3v) is 4.24. The highest BCUT2D eigenvalue weighted by Crippen LogP contribution is 2.27. The number of hydrogen-bond acceptors (Lipinski definition) is 4. The van der Waals surface area contributed by atoms with Gasteiger partial charge in [0, 0.05) is 18.5 Å². The molecule has 1 aromatic carbocycles. The minimum absolute atomic E-state index is 0.164. The molecule has 2 atom stereocenters. The normalized spacial score (nSPS) is 15.5. The Kier molecular flexibility index (Phi) is 6.54. The van der Waals surface area contributed by atoms with Crippen LogP contribution in [0.25, 0.3) is 0 Å². The van der Waals surface area contributed by atoms with E-state index in [1.807, 2.05) is 0 Å². The number of methoxy groups -OCH3 is 1. The number of ether oxygens (including phenoxy) is 2. The second-order valence-electron chi connectivity index (χ2n) is 5.63. The molecule has 0 bridgehead atoms. The van der Waals surface area contributed by atoms with Crippen molar-refractivity contribution in [3.63, 3.8) is 0 Å². The molecule has 0 amide bonds. The van der Waals surface area contributed by atoms with Gasteiger partial charge in [0.2, 0.25) is 0 Å². The molecule has 0 aliphatic rings. The smallest absolute Gasteiger partial charge is 0.573 e. The van der Waals surface area contributed by atoms with E-state index in [0.717, 1.165) is 0 Å². The Balaban J connectivity index is 2.94. The summed E-state index contributed by atoms with van der Waals surface area (Å²) in [7, 11) is 1.46. The van der Waals surface area contributed by atoms with Crippen LogP contribution in [0.2, 0.25) is 0 Å². The van der Waals surface area contributed by atoms with Gasteiger partial charge in [0.15, 0.2) is 0 Å². The van der Waals surface area contributed by atoms with Crippen molar-refractivity contribution < 1.29 is 27.2 Å². The molecule has 0 radical (unpaired) electrons. The maximum absolute atomic E-state index is 12.3. The fourth-order valence-corrected chi connectivity index (χ4v) is 2.42.